The lowest BCUT2D eigenvalue weighted by molar-refractivity contribution is -0.113. The number of rotatable bonds is 2. The SMILES string of the molecule is CN=C1SC(=Cc2ccccc2)C(=O)N1c1ccccc1. The maximum Gasteiger partial charge on any atom is 0.271 e. The molecule has 0 radical (unpaired) electrons. The predicted octanol–water partition coefficient (Wildman–Crippen LogP) is 3.79. The average Bonchev–Trinajstić information content (AvgIpc) is 2.85. The third kappa shape index (κ3) is 2.76. The molecule has 2 aromatic rings. The van der Waals surface area contributed by atoms with Crippen LogP contribution in [0.3, 0.4) is 0 Å². The zero-order chi connectivity index (χ0) is 14.7. The van der Waals surface area contributed by atoms with E-state index < -0.39 is 0 Å². The van der Waals surface area contributed by atoms with Crippen molar-refractivity contribution in [3.05, 3.63) is 71.1 Å². The Kier molecular flexibility index (Phi) is 3.88. The first-order valence-corrected chi connectivity index (χ1v) is 7.42. The Morgan fingerprint density at radius 2 is 1.62 bits per heavy atom. The van der Waals surface area contributed by atoms with Gasteiger partial charge < -0.3 is 0 Å². The lowest BCUT2D eigenvalue weighted by atomic mass is 10.2. The van der Waals surface area contributed by atoms with Gasteiger partial charge >= 0.3 is 0 Å². The molecule has 0 aromatic heterocycles. The van der Waals surface area contributed by atoms with Gasteiger partial charge in [0, 0.05) is 7.05 Å². The van der Waals surface area contributed by atoms with Gasteiger partial charge in [0.05, 0.1) is 10.6 Å². The smallest absolute Gasteiger partial charge is 0.268 e. The van der Waals surface area contributed by atoms with Crippen molar-refractivity contribution in [3.8, 4) is 0 Å². The second-order valence-corrected chi connectivity index (χ2v) is 5.51. The summed E-state index contributed by atoms with van der Waals surface area (Å²) in [4.78, 5) is 19.2. The van der Waals surface area contributed by atoms with E-state index in [0.29, 0.717) is 10.1 Å². The fraction of sp³-hybridized carbons (Fsp3) is 0.0588. The number of amides is 1. The molecule has 0 bridgehead atoms. The van der Waals surface area contributed by atoms with Crippen molar-refractivity contribution >= 4 is 34.6 Å². The summed E-state index contributed by atoms with van der Waals surface area (Å²) in [6, 6.07) is 19.4. The molecule has 0 N–H and O–H groups in total. The number of benzene rings is 2. The fourth-order valence-electron chi connectivity index (χ4n) is 2.13. The van der Waals surface area contributed by atoms with Crippen LogP contribution in [0.5, 0.6) is 0 Å². The summed E-state index contributed by atoms with van der Waals surface area (Å²) in [6.45, 7) is 0. The summed E-state index contributed by atoms with van der Waals surface area (Å²) < 4.78 is 0. The van der Waals surface area contributed by atoms with Crippen LogP contribution in [0.15, 0.2) is 70.6 Å². The van der Waals surface area contributed by atoms with E-state index in [-0.39, 0.29) is 5.91 Å². The highest BCUT2D eigenvalue weighted by Gasteiger charge is 2.33. The minimum Gasteiger partial charge on any atom is -0.268 e. The summed E-state index contributed by atoms with van der Waals surface area (Å²) >= 11 is 1.40. The van der Waals surface area contributed by atoms with Gasteiger partial charge in [-0.25, -0.2) is 0 Å². The minimum atomic E-state index is -0.0318. The number of anilines is 1. The lowest BCUT2D eigenvalue weighted by Gasteiger charge is -2.14. The van der Waals surface area contributed by atoms with Crippen LogP contribution >= 0.6 is 11.8 Å². The van der Waals surface area contributed by atoms with Crippen LogP contribution in [0.2, 0.25) is 0 Å². The number of carbonyl (C=O) groups is 1. The number of aliphatic imine (C=N–C) groups is 1. The molecule has 0 saturated carbocycles. The minimum absolute atomic E-state index is 0.0318. The molecule has 3 rings (SSSR count). The van der Waals surface area contributed by atoms with E-state index in [0.717, 1.165) is 11.3 Å². The second-order valence-electron chi connectivity index (χ2n) is 4.50. The van der Waals surface area contributed by atoms with Gasteiger partial charge in [0.1, 0.15) is 0 Å². The molecule has 0 aliphatic carbocycles. The molecular formula is C17H14N2OS. The molecule has 0 unspecified atom stereocenters. The Hall–Kier alpha value is -2.33. The second kappa shape index (κ2) is 5.97. The van der Waals surface area contributed by atoms with Gasteiger partial charge in [0.2, 0.25) is 0 Å². The molecule has 3 nitrogen and oxygen atoms in total. The highest BCUT2D eigenvalue weighted by Crippen LogP contribution is 2.35. The molecule has 21 heavy (non-hydrogen) atoms. The van der Waals surface area contributed by atoms with Gasteiger partial charge in [-0.05, 0) is 35.5 Å². The Bertz CT molecular complexity index is 708. The zero-order valence-electron chi connectivity index (χ0n) is 11.6. The molecule has 1 saturated heterocycles. The zero-order valence-corrected chi connectivity index (χ0v) is 12.4. The molecule has 1 fully saturated rings. The Balaban J connectivity index is 1.98. The summed E-state index contributed by atoms with van der Waals surface area (Å²) in [6.07, 6.45) is 1.90. The van der Waals surface area contributed by atoms with Crippen molar-refractivity contribution in [2.75, 3.05) is 11.9 Å². The molecule has 1 amide bonds. The van der Waals surface area contributed by atoms with Crippen molar-refractivity contribution < 1.29 is 4.79 Å². The fourth-order valence-corrected chi connectivity index (χ4v) is 3.07. The first-order chi connectivity index (χ1) is 10.3. The molecule has 1 aliphatic heterocycles. The van der Waals surface area contributed by atoms with Crippen LogP contribution in [0.4, 0.5) is 5.69 Å². The van der Waals surface area contributed by atoms with E-state index in [1.165, 1.54) is 11.8 Å². The standard InChI is InChI=1S/C17H14N2OS/c1-18-17-19(14-10-6-3-7-11-14)16(20)15(21-17)12-13-8-4-2-5-9-13/h2-12H,1H3. The van der Waals surface area contributed by atoms with Gasteiger partial charge in [-0.15, -0.1) is 0 Å². The van der Waals surface area contributed by atoms with E-state index in [4.69, 9.17) is 0 Å². The van der Waals surface area contributed by atoms with Crippen LogP contribution in [0, 0.1) is 0 Å². The number of amidine groups is 1. The highest BCUT2D eigenvalue weighted by atomic mass is 32.2. The lowest BCUT2D eigenvalue weighted by Crippen LogP contribution is -2.28. The molecule has 4 heteroatoms. The van der Waals surface area contributed by atoms with Crippen LogP contribution < -0.4 is 4.90 Å². The van der Waals surface area contributed by atoms with E-state index in [1.807, 2.05) is 66.7 Å². The van der Waals surface area contributed by atoms with Crippen LogP contribution in [0.1, 0.15) is 5.56 Å². The van der Waals surface area contributed by atoms with Crippen molar-refractivity contribution in [3.63, 3.8) is 0 Å². The third-order valence-corrected chi connectivity index (χ3v) is 4.17. The van der Waals surface area contributed by atoms with Crippen molar-refractivity contribution in [2.45, 2.75) is 0 Å². The highest BCUT2D eigenvalue weighted by molar-refractivity contribution is 8.19. The Labute approximate surface area is 128 Å². The molecule has 2 aromatic carbocycles. The Morgan fingerprint density at radius 1 is 1.00 bits per heavy atom. The number of hydrogen-bond acceptors (Lipinski definition) is 3. The number of hydrogen-bond donors (Lipinski definition) is 0. The molecular weight excluding hydrogens is 280 g/mol. The van der Waals surface area contributed by atoms with E-state index in [1.54, 1.807) is 11.9 Å². The maximum atomic E-state index is 12.6. The molecule has 104 valence electrons. The van der Waals surface area contributed by atoms with Gasteiger partial charge in [0.25, 0.3) is 5.91 Å². The topological polar surface area (TPSA) is 32.7 Å². The monoisotopic (exact) mass is 294 g/mol. The Morgan fingerprint density at radius 3 is 2.24 bits per heavy atom. The summed E-state index contributed by atoms with van der Waals surface area (Å²) in [7, 11) is 1.71. The number of para-hydroxylation sites is 1. The van der Waals surface area contributed by atoms with Gasteiger partial charge in [-0.1, -0.05) is 48.5 Å². The maximum absolute atomic E-state index is 12.6. The van der Waals surface area contributed by atoms with Crippen LogP contribution in [-0.2, 0) is 4.79 Å². The van der Waals surface area contributed by atoms with Crippen LogP contribution in [0.25, 0.3) is 6.08 Å². The first-order valence-electron chi connectivity index (χ1n) is 6.60. The van der Waals surface area contributed by atoms with Gasteiger partial charge in [0.15, 0.2) is 5.17 Å². The molecule has 1 heterocycles. The van der Waals surface area contributed by atoms with Crippen LogP contribution in [-0.4, -0.2) is 18.1 Å². The third-order valence-electron chi connectivity index (χ3n) is 3.11. The normalized spacial score (nSPS) is 18.7. The summed E-state index contributed by atoms with van der Waals surface area (Å²) in [5.41, 5.74) is 1.85. The average molecular weight is 294 g/mol. The number of carbonyl (C=O) groups excluding carboxylic acids is 1. The van der Waals surface area contributed by atoms with Gasteiger partial charge in [-0.3, -0.25) is 14.7 Å². The molecule has 1 aliphatic rings. The summed E-state index contributed by atoms with van der Waals surface area (Å²) in [5.74, 6) is -0.0318. The van der Waals surface area contributed by atoms with Gasteiger partial charge in [-0.2, -0.15) is 0 Å². The number of nitrogens with zero attached hydrogens (tertiary/aromatic N) is 2. The molecule has 0 spiro atoms. The van der Waals surface area contributed by atoms with Crippen molar-refractivity contribution in [1.82, 2.24) is 0 Å². The quantitative estimate of drug-likeness (QED) is 0.789. The summed E-state index contributed by atoms with van der Waals surface area (Å²) in [5, 5.41) is 0.702. The van der Waals surface area contributed by atoms with E-state index in [9.17, 15) is 4.79 Å². The molecule has 0 atom stereocenters. The van der Waals surface area contributed by atoms with Crippen molar-refractivity contribution in [2.24, 2.45) is 4.99 Å². The number of thioether (sulfide) groups is 1. The largest absolute Gasteiger partial charge is 0.271 e. The first kappa shape index (κ1) is 13.6. The van der Waals surface area contributed by atoms with E-state index in [2.05, 4.69) is 4.99 Å². The van der Waals surface area contributed by atoms with Crippen molar-refractivity contribution in [1.29, 1.82) is 0 Å². The predicted molar refractivity (Wildman–Crippen MR) is 89.3 cm³/mol. The van der Waals surface area contributed by atoms with E-state index >= 15 is 0 Å².